The minimum atomic E-state index is 0.151. The summed E-state index contributed by atoms with van der Waals surface area (Å²) in [6.45, 7) is 8.42. The largest absolute Gasteiger partial charge is 0.491 e. The number of rotatable bonds is 7. The molecule has 1 aromatic heterocycles. The lowest BCUT2D eigenvalue weighted by atomic mass is 10.1. The van der Waals surface area contributed by atoms with E-state index in [1.54, 1.807) is 19.6 Å². The summed E-state index contributed by atoms with van der Waals surface area (Å²) >= 11 is 0. The molecule has 0 bridgehead atoms. The standard InChI is InChI=1S/C18H27N5O/c1-14(2)24-17-11-15(3)5-6-16(17)12-22-18(19-4)21-8-10-23-9-7-20-13-23/h5-7,9,11,13-14H,8,10,12H2,1-4H3,(H2,19,21,22). The third kappa shape index (κ3) is 5.61. The van der Waals surface area contributed by atoms with Gasteiger partial charge in [0.25, 0.3) is 0 Å². The molecule has 0 saturated carbocycles. The van der Waals surface area contributed by atoms with Crippen LogP contribution in [0, 0.1) is 6.92 Å². The first-order valence-corrected chi connectivity index (χ1v) is 8.25. The maximum absolute atomic E-state index is 5.91. The van der Waals surface area contributed by atoms with Crippen LogP contribution in [0.4, 0.5) is 0 Å². The zero-order chi connectivity index (χ0) is 17.4. The summed E-state index contributed by atoms with van der Waals surface area (Å²) in [4.78, 5) is 8.29. The predicted octanol–water partition coefficient (Wildman–Crippen LogP) is 2.34. The molecule has 0 radical (unpaired) electrons. The number of hydrogen-bond donors (Lipinski definition) is 2. The van der Waals surface area contributed by atoms with Crippen LogP contribution in [0.3, 0.4) is 0 Å². The summed E-state index contributed by atoms with van der Waals surface area (Å²) in [5.41, 5.74) is 2.31. The Morgan fingerprint density at radius 1 is 1.33 bits per heavy atom. The van der Waals surface area contributed by atoms with Crippen LogP contribution in [0.1, 0.15) is 25.0 Å². The minimum absolute atomic E-state index is 0.151. The number of aliphatic imine (C=N–C) groups is 1. The topological polar surface area (TPSA) is 63.5 Å². The van der Waals surface area contributed by atoms with E-state index in [1.807, 2.05) is 24.6 Å². The fraction of sp³-hybridized carbons (Fsp3) is 0.444. The molecule has 2 rings (SSSR count). The van der Waals surface area contributed by atoms with Crippen LogP contribution in [0.5, 0.6) is 5.75 Å². The van der Waals surface area contributed by atoms with Gasteiger partial charge in [-0.15, -0.1) is 0 Å². The molecular formula is C18H27N5O. The Balaban J connectivity index is 1.88. The lowest BCUT2D eigenvalue weighted by Crippen LogP contribution is -2.38. The van der Waals surface area contributed by atoms with Crippen molar-refractivity contribution in [3.63, 3.8) is 0 Å². The van der Waals surface area contributed by atoms with Crippen molar-refractivity contribution in [1.29, 1.82) is 0 Å². The second-order valence-electron chi connectivity index (χ2n) is 5.93. The molecule has 2 aromatic rings. The van der Waals surface area contributed by atoms with E-state index in [2.05, 4.69) is 45.7 Å². The van der Waals surface area contributed by atoms with Crippen LogP contribution in [-0.2, 0) is 13.1 Å². The van der Waals surface area contributed by atoms with Crippen molar-refractivity contribution in [3.8, 4) is 5.75 Å². The molecule has 0 unspecified atom stereocenters. The lowest BCUT2D eigenvalue weighted by Gasteiger charge is -2.17. The summed E-state index contributed by atoms with van der Waals surface area (Å²) < 4.78 is 7.93. The quantitative estimate of drug-likeness (QED) is 0.604. The lowest BCUT2D eigenvalue weighted by molar-refractivity contribution is 0.239. The van der Waals surface area contributed by atoms with Gasteiger partial charge in [0.2, 0.25) is 0 Å². The fourth-order valence-corrected chi connectivity index (χ4v) is 2.29. The number of nitrogens with zero attached hydrogens (tertiary/aromatic N) is 3. The average Bonchev–Trinajstić information content (AvgIpc) is 3.05. The van der Waals surface area contributed by atoms with Gasteiger partial charge < -0.3 is 19.9 Å². The number of hydrogen-bond acceptors (Lipinski definition) is 3. The minimum Gasteiger partial charge on any atom is -0.491 e. The maximum atomic E-state index is 5.91. The third-order valence-corrected chi connectivity index (χ3v) is 3.48. The molecule has 0 aliphatic carbocycles. The molecule has 0 aliphatic heterocycles. The summed E-state index contributed by atoms with van der Waals surface area (Å²) in [6, 6.07) is 6.27. The molecule has 2 N–H and O–H groups in total. The van der Waals surface area contributed by atoms with E-state index in [4.69, 9.17) is 4.74 Å². The molecule has 6 nitrogen and oxygen atoms in total. The monoisotopic (exact) mass is 329 g/mol. The smallest absolute Gasteiger partial charge is 0.191 e. The highest BCUT2D eigenvalue weighted by atomic mass is 16.5. The molecule has 1 heterocycles. The van der Waals surface area contributed by atoms with E-state index in [0.717, 1.165) is 30.4 Å². The zero-order valence-corrected chi connectivity index (χ0v) is 14.9. The number of guanidine groups is 1. The van der Waals surface area contributed by atoms with Gasteiger partial charge in [-0.2, -0.15) is 0 Å². The van der Waals surface area contributed by atoms with E-state index >= 15 is 0 Å². The van der Waals surface area contributed by atoms with Crippen molar-refractivity contribution in [2.75, 3.05) is 13.6 Å². The van der Waals surface area contributed by atoms with Gasteiger partial charge >= 0.3 is 0 Å². The van der Waals surface area contributed by atoms with E-state index in [9.17, 15) is 0 Å². The van der Waals surface area contributed by atoms with Gasteiger partial charge in [-0.1, -0.05) is 12.1 Å². The highest BCUT2D eigenvalue weighted by Gasteiger charge is 2.07. The van der Waals surface area contributed by atoms with Crippen molar-refractivity contribution in [3.05, 3.63) is 48.0 Å². The number of benzene rings is 1. The summed E-state index contributed by atoms with van der Waals surface area (Å²) in [5.74, 6) is 1.69. The van der Waals surface area contributed by atoms with Gasteiger partial charge in [-0.05, 0) is 32.4 Å². The highest BCUT2D eigenvalue weighted by Crippen LogP contribution is 2.21. The Kier molecular flexibility index (Phi) is 6.66. The molecule has 0 saturated heterocycles. The number of aromatic nitrogens is 2. The molecular weight excluding hydrogens is 302 g/mol. The molecule has 130 valence electrons. The Morgan fingerprint density at radius 3 is 2.83 bits per heavy atom. The predicted molar refractivity (Wildman–Crippen MR) is 97.4 cm³/mol. The summed E-state index contributed by atoms with van der Waals surface area (Å²) in [7, 11) is 1.77. The highest BCUT2D eigenvalue weighted by molar-refractivity contribution is 5.79. The van der Waals surface area contributed by atoms with Crippen LogP contribution in [0.2, 0.25) is 0 Å². The molecule has 0 amide bonds. The van der Waals surface area contributed by atoms with Gasteiger partial charge in [0.1, 0.15) is 5.75 Å². The molecule has 0 atom stereocenters. The van der Waals surface area contributed by atoms with Crippen LogP contribution in [0.15, 0.2) is 41.9 Å². The van der Waals surface area contributed by atoms with Crippen LogP contribution >= 0.6 is 0 Å². The molecule has 0 fully saturated rings. The fourth-order valence-electron chi connectivity index (χ4n) is 2.29. The van der Waals surface area contributed by atoms with Crippen molar-refractivity contribution in [2.24, 2.45) is 4.99 Å². The Hall–Kier alpha value is -2.50. The van der Waals surface area contributed by atoms with Crippen LogP contribution in [-0.4, -0.2) is 35.2 Å². The Labute approximate surface area is 144 Å². The first-order valence-electron chi connectivity index (χ1n) is 8.25. The summed E-state index contributed by atoms with van der Waals surface area (Å²) in [5, 5.41) is 6.63. The van der Waals surface area contributed by atoms with E-state index < -0.39 is 0 Å². The van der Waals surface area contributed by atoms with Gasteiger partial charge in [-0.25, -0.2) is 4.98 Å². The first kappa shape index (κ1) is 17.8. The SMILES string of the molecule is CN=C(NCCn1ccnc1)NCc1ccc(C)cc1OC(C)C. The molecule has 24 heavy (non-hydrogen) atoms. The normalized spacial score (nSPS) is 11.6. The maximum Gasteiger partial charge on any atom is 0.191 e. The second-order valence-corrected chi connectivity index (χ2v) is 5.93. The van der Waals surface area contributed by atoms with Gasteiger partial charge in [-0.3, -0.25) is 4.99 Å². The van der Waals surface area contributed by atoms with Crippen LogP contribution in [0.25, 0.3) is 0 Å². The Morgan fingerprint density at radius 2 is 2.17 bits per heavy atom. The van der Waals surface area contributed by atoms with Gasteiger partial charge in [0, 0.05) is 44.6 Å². The van der Waals surface area contributed by atoms with Gasteiger partial charge in [0.15, 0.2) is 5.96 Å². The Bertz CT molecular complexity index is 649. The third-order valence-electron chi connectivity index (χ3n) is 3.48. The molecule has 1 aromatic carbocycles. The van der Waals surface area contributed by atoms with Gasteiger partial charge in [0.05, 0.1) is 12.4 Å². The van der Waals surface area contributed by atoms with E-state index in [1.165, 1.54) is 5.56 Å². The number of nitrogens with one attached hydrogen (secondary N) is 2. The van der Waals surface area contributed by atoms with Crippen molar-refractivity contribution in [2.45, 2.75) is 40.0 Å². The van der Waals surface area contributed by atoms with Crippen molar-refractivity contribution in [1.82, 2.24) is 20.2 Å². The average molecular weight is 329 g/mol. The number of aryl methyl sites for hydroxylation is 1. The second kappa shape index (κ2) is 8.96. The molecule has 6 heteroatoms. The first-order chi connectivity index (χ1) is 11.6. The van der Waals surface area contributed by atoms with Crippen LogP contribution < -0.4 is 15.4 Å². The number of imidazole rings is 1. The summed E-state index contributed by atoms with van der Waals surface area (Å²) in [6.07, 6.45) is 5.68. The number of ether oxygens (including phenoxy) is 1. The van der Waals surface area contributed by atoms with E-state index in [-0.39, 0.29) is 6.10 Å². The molecule has 0 aliphatic rings. The molecule has 0 spiro atoms. The van der Waals surface area contributed by atoms with Crippen molar-refractivity contribution >= 4 is 5.96 Å². The van der Waals surface area contributed by atoms with E-state index in [0.29, 0.717) is 6.54 Å². The van der Waals surface area contributed by atoms with Crippen molar-refractivity contribution < 1.29 is 4.74 Å². The zero-order valence-electron chi connectivity index (χ0n) is 14.9.